The van der Waals surface area contributed by atoms with Crippen molar-refractivity contribution in [3.8, 4) is 11.5 Å². The summed E-state index contributed by atoms with van der Waals surface area (Å²) in [6, 6.07) is 4.43. The molecule has 0 saturated heterocycles. The van der Waals surface area contributed by atoms with Crippen LogP contribution in [-0.4, -0.2) is 37.5 Å². The molecule has 2 unspecified atom stereocenters. The lowest BCUT2D eigenvalue weighted by atomic mass is 9.65. The molecule has 0 amide bonds. The van der Waals surface area contributed by atoms with Crippen LogP contribution in [0.3, 0.4) is 0 Å². The van der Waals surface area contributed by atoms with Crippen LogP contribution in [-0.2, 0) is 11.2 Å². The van der Waals surface area contributed by atoms with Gasteiger partial charge in [0.15, 0.2) is 17.3 Å². The van der Waals surface area contributed by atoms with Gasteiger partial charge in [-0.15, -0.1) is 0 Å². The Morgan fingerprint density at radius 2 is 1.92 bits per heavy atom. The third kappa shape index (κ3) is 2.08. The molecule has 0 bridgehead atoms. The Labute approximate surface area is 143 Å². The van der Waals surface area contributed by atoms with E-state index in [1.807, 2.05) is 12.1 Å². The largest absolute Gasteiger partial charge is 0.493 e. The minimum atomic E-state index is -0.212. The van der Waals surface area contributed by atoms with E-state index in [1.165, 1.54) is 12.0 Å². The average Bonchev–Trinajstić information content (AvgIpc) is 2.61. The minimum absolute atomic E-state index is 0.212. The fourth-order valence-electron chi connectivity index (χ4n) is 4.76. The summed E-state index contributed by atoms with van der Waals surface area (Å²) in [5, 5.41) is 0. The number of carbonyl (C=O) groups excluding carboxylic acids is 1. The summed E-state index contributed by atoms with van der Waals surface area (Å²) in [5.41, 5.74) is 3.23. The SMILES string of the molecule is COc1cc2c(cc1OC)C1=CC(=O)C3(C)CCCCC3N1CC2. The van der Waals surface area contributed by atoms with Gasteiger partial charge in [-0.25, -0.2) is 0 Å². The van der Waals surface area contributed by atoms with E-state index in [1.54, 1.807) is 14.2 Å². The van der Waals surface area contributed by atoms with E-state index in [0.717, 1.165) is 55.0 Å². The van der Waals surface area contributed by atoms with Crippen molar-refractivity contribution in [1.29, 1.82) is 0 Å². The first-order chi connectivity index (χ1) is 11.6. The molecule has 0 N–H and O–H groups in total. The van der Waals surface area contributed by atoms with Crippen molar-refractivity contribution < 1.29 is 14.3 Å². The third-order valence-electron chi connectivity index (χ3n) is 6.18. The van der Waals surface area contributed by atoms with Gasteiger partial charge in [-0.3, -0.25) is 4.79 Å². The van der Waals surface area contributed by atoms with E-state index in [0.29, 0.717) is 11.8 Å². The molecule has 0 spiro atoms. The molecule has 3 aliphatic rings. The Morgan fingerprint density at radius 3 is 2.67 bits per heavy atom. The third-order valence-corrected chi connectivity index (χ3v) is 6.18. The summed E-state index contributed by atoms with van der Waals surface area (Å²) >= 11 is 0. The first-order valence-electron chi connectivity index (χ1n) is 8.86. The number of methoxy groups -OCH3 is 2. The zero-order chi connectivity index (χ0) is 16.9. The molecule has 24 heavy (non-hydrogen) atoms. The van der Waals surface area contributed by atoms with Crippen molar-refractivity contribution in [1.82, 2.24) is 4.90 Å². The molecular weight excluding hydrogens is 302 g/mol. The number of carbonyl (C=O) groups is 1. The highest BCUT2D eigenvalue weighted by molar-refractivity contribution is 6.03. The van der Waals surface area contributed by atoms with Crippen molar-refractivity contribution >= 4 is 11.5 Å². The molecular formula is C20H25NO3. The average molecular weight is 327 g/mol. The lowest BCUT2D eigenvalue weighted by molar-refractivity contribution is -0.129. The molecule has 4 heteroatoms. The standard InChI is InChI=1S/C20H25NO3/c1-20-8-5-4-6-18(20)21-9-7-13-10-16(23-2)17(24-3)11-14(13)15(21)12-19(20)22/h10-12,18H,4-9H2,1-3H3. The monoisotopic (exact) mass is 327 g/mol. The van der Waals surface area contributed by atoms with E-state index < -0.39 is 0 Å². The van der Waals surface area contributed by atoms with Gasteiger partial charge in [-0.05, 0) is 37.0 Å². The Balaban J connectivity index is 1.84. The minimum Gasteiger partial charge on any atom is -0.493 e. The predicted octanol–water partition coefficient (Wildman–Crippen LogP) is 3.43. The fourth-order valence-corrected chi connectivity index (χ4v) is 4.76. The van der Waals surface area contributed by atoms with E-state index in [9.17, 15) is 4.79 Å². The highest BCUT2D eigenvalue weighted by Crippen LogP contribution is 2.49. The second kappa shape index (κ2) is 5.54. The molecule has 0 aromatic heterocycles. The molecule has 4 nitrogen and oxygen atoms in total. The first-order valence-corrected chi connectivity index (χ1v) is 8.86. The number of allylic oxidation sites excluding steroid dienone is 1. The van der Waals surface area contributed by atoms with Crippen LogP contribution in [0.2, 0.25) is 0 Å². The van der Waals surface area contributed by atoms with Gasteiger partial charge in [0.1, 0.15) is 0 Å². The van der Waals surface area contributed by atoms with Gasteiger partial charge in [0.05, 0.1) is 19.6 Å². The van der Waals surface area contributed by atoms with Crippen LogP contribution in [0.5, 0.6) is 11.5 Å². The van der Waals surface area contributed by atoms with Gasteiger partial charge in [-0.1, -0.05) is 19.8 Å². The Kier molecular flexibility index (Phi) is 3.59. The topological polar surface area (TPSA) is 38.8 Å². The van der Waals surface area contributed by atoms with Crippen molar-refractivity contribution in [3.05, 3.63) is 29.3 Å². The van der Waals surface area contributed by atoms with Crippen LogP contribution in [0, 0.1) is 5.41 Å². The van der Waals surface area contributed by atoms with Crippen molar-refractivity contribution in [2.75, 3.05) is 20.8 Å². The maximum Gasteiger partial charge on any atom is 0.165 e. The highest BCUT2D eigenvalue weighted by Gasteiger charge is 2.49. The second-order valence-corrected chi connectivity index (χ2v) is 7.38. The number of ether oxygens (including phenoxy) is 2. The quantitative estimate of drug-likeness (QED) is 0.834. The lowest BCUT2D eigenvalue weighted by Gasteiger charge is -2.52. The lowest BCUT2D eigenvalue weighted by Crippen LogP contribution is -2.55. The van der Waals surface area contributed by atoms with Gasteiger partial charge in [-0.2, -0.15) is 0 Å². The predicted molar refractivity (Wildman–Crippen MR) is 93.3 cm³/mol. The first kappa shape index (κ1) is 15.6. The summed E-state index contributed by atoms with van der Waals surface area (Å²) in [4.78, 5) is 15.4. The van der Waals surface area contributed by atoms with Gasteiger partial charge < -0.3 is 14.4 Å². The molecule has 4 rings (SSSR count). The van der Waals surface area contributed by atoms with E-state index in [-0.39, 0.29) is 5.41 Å². The maximum absolute atomic E-state index is 12.9. The molecule has 128 valence electrons. The Morgan fingerprint density at radius 1 is 1.17 bits per heavy atom. The molecule has 1 saturated carbocycles. The number of ketones is 1. The Hall–Kier alpha value is -1.97. The van der Waals surface area contributed by atoms with Crippen LogP contribution in [0.25, 0.3) is 5.70 Å². The molecule has 2 atom stereocenters. The number of nitrogens with zero attached hydrogens (tertiary/aromatic N) is 1. The summed E-state index contributed by atoms with van der Waals surface area (Å²) in [6.45, 7) is 3.14. The van der Waals surface area contributed by atoms with E-state index >= 15 is 0 Å². The van der Waals surface area contributed by atoms with Gasteiger partial charge in [0, 0.05) is 29.9 Å². The molecule has 1 aliphatic carbocycles. The van der Waals surface area contributed by atoms with Crippen LogP contribution in [0.15, 0.2) is 18.2 Å². The Bertz CT molecular complexity index is 724. The normalized spacial score (nSPS) is 28.5. The van der Waals surface area contributed by atoms with Gasteiger partial charge >= 0.3 is 0 Å². The van der Waals surface area contributed by atoms with Crippen LogP contribution in [0.4, 0.5) is 0 Å². The van der Waals surface area contributed by atoms with Crippen molar-refractivity contribution in [3.63, 3.8) is 0 Å². The summed E-state index contributed by atoms with van der Waals surface area (Å²) in [5.74, 6) is 1.78. The van der Waals surface area contributed by atoms with Crippen LogP contribution in [0.1, 0.15) is 43.7 Å². The smallest absolute Gasteiger partial charge is 0.165 e. The summed E-state index contributed by atoms with van der Waals surface area (Å²) in [7, 11) is 3.32. The van der Waals surface area contributed by atoms with E-state index in [2.05, 4.69) is 17.9 Å². The molecule has 0 radical (unpaired) electrons. The van der Waals surface area contributed by atoms with Crippen molar-refractivity contribution in [2.45, 2.75) is 45.1 Å². The zero-order valence-corrected chi connectivity index (χ0v) is 14.7. The summed E-state index contributed by atoms with van der Waals surface area (Å²) in [6.07, 6.45) is 7.37. The number of rotatable bonds is 2. The molecule has 2 aliphatic heterocycles. The van der Waals surface area contributed by atoms with Gasteiger partial charge in [0.25, 0.3) is 0 Å². The van der Waals surface area contributed by atoms with Crippen LogP contribution >= 0.6 is 0 Å². The van der Waals surface area contributed by atoms with Crippen molar-refractivity contribution in [2.24, 2.45) is 5.41 Å². The zero-order valence-electron chi connectivity index (χ0n) is 14.7. The molecule has 1 aromatic rings. The highest BCUT2D eigenvalue weighted by atomic mass is 16.5. The second-order valence-electron chi connectivity index (χ2n) is 7.38. The molecule has 2 heterocycles. The number of hydrogen-bond acceptors (Lipinski definition) is 4. The van der Waals surface area contributed by atoms with Crippen LogP contribution < -0.4 is 9.47 Å². The molecule has 1 aromatic carbocycles. The number of hydrogen-bond donors (Lipinski definition) is 0. The number of fused-ring (bicyclic) bond motifs is 5. The van der Waals surface area contributed by atoms with Gasteiger partial charge in [0.2, 0.25) is 0 Å². The number of benzene rings is 1. The summed E-state index contributed by atoms with van der Waals surface area (Å²) < 4.78 is 10.9. The molecule has 1 fully saturated rings. The fraction of sp³-hybridized carbons (Fsp3) is 0.550. The maximum atomic E-state index is 12.9. The van der Waals surface area contributed by atoms with E-state index in [4.69, 9.17) is 9.47 Å².